The lowest BCUT2D eigenvalue weighted by Crippen LogP contribution is -2.34. The number of aliphatic hydroxyl groups is 2. The molecule has 1 saturated heterocycles. The van der Waals surface area contributed by atoms with Gasteiger partial charge in [-0.2, -0.15) is 0 Å². The van der Waals surface area contributed by atoms with Crippen molar-refractivity contribution in [2.45, 2.75) is 24.5 Å². The van der Waals surface area contributed by atoms with Crippen LogP contribution in [0.5, 0.6) is 0 Å². The van der Waals surface area contributed by atoms with Gasteiger partial charge in [-0.15, -0.1) is 0 Å². The van der Waals surface area contributed by atoms with E-state index in [9.17, 15) is 10.2 Å². The van der Waals surface area contributed by atoms with E-state index >= 15 is 0 Å². The van der Waals surface area contributed by atoms with Crippen molar-refractivity contribution >= 4 is 17.0 Å². The Kier molecular flexibility index (Phi) is 3.26. The number of hydrogen-bond acceptors (Lipinski definition) is 8. The number of rotatable bonds is 3. The van der Waals surface area contributed by atoms with Crippen LogP contribution in [0.1, 0.15) is 6.23 Å². The molecule has 1 unspecified atom stereocenters. The highest BCUT2D eigenvalue weighted by atomic mass is 16.6. The van der Waals surface area contributed by atoms with Gasteiger partial charge in [0.25, 0.3) is 0 Å². The van der Waals surface area contributed by atoms with Gasteiger partial charge in [-0.3, -0.25) is 4.57 Å². The zero-order chi connectivity index (χ0) is 14.3. The molecule has 1 aliphatic heterocycles. The quantitative estimate of drug-likeness (QED) is 0.631. The van der Waals surface area contributed by atoms with E-state index < -0.39 is 24.5 Å². The second-order valence-electron chi connectivity index (χ2n) is 4.52. The molecule has 0 bridgehead atoms. The molecule has 20 heavy (non-hydrogen) atoms. The molecular formula is C11H15N5O4. The molecule has 3 rings (SSSR count). The number of fused-ring (bicyclic) bond motifs is 1. The Hall–Kier alpha value is -1.81. The molecule has 0 saturated carbocycles. The first-order valence-corrected chi connectivity index (χ1v) is 6.07. The molecule has 3 heterocycles. The topological polar surface area (TPSA) is 129 Å². The molecular weight excluding hydrogens is 266 g/mol. The number of ether oxygens (including phenoxy) is 2. The minimum Gasteiger partial charge on any atom is -0.394 e. The minimum atomic E-state index is -0.938. The molecule has 2 aromatic heterocycles. The summed E-state index contributed by atoms with van der Waals surface area (Å²) < 4.78 is 12.5. The maximum Gasteiger partial charge on any atom is 0.167 e. The summed E-state index contributed by atoms with van der Waals surface area (Å²) in [6.07, 6.45) is -0.119. The van der Waals surface area contributed by atoms with Gasteiger partial charge < -0.3 is 25.4 Å². The predicted molar refractivity (Wildman–Crippen MR) is 67.5 cm³/mol. The summed E-state index contributed by atoms with van der Waals surface area (Å²) in [6.45, 7) is -0.304. The standard InChI is InChI=1S/C11H15N5O4/c1-19-8-7(18)5(2-17)20-11(8)16-4-15-6-9(12)13-3-14-10(6)16/h3-5,7-8,11,17-18H,2H2,1H3,(H2,12,13,14)/t5-,7?,8-,11-/m1/s1. The van der Waals surface area contributed by atoms with Crippen molar-refractivity contribution in [3.63, 3.8) is 0 Å². The number of imidazole rings is 1. The van der Waals surface area contributed by atoms with Crippen LogP contribution in [-0.2, 0) is 9.47 Å². The molecule has 0 amide bonds. The van der Waals surface area contributed by atoms with E-state index in [4.69, 9.17) is 15.2 Å². The zero-order valence-electron chi connectivity index (χ0n) is 10.7. The molecule has 2 aromatic rings. The molecule has 1 fully saturated rings. The third kappa shape index (κ3) is 1.83. The van der Waals surface area contributed by atoms with Crippen LogP contribution >= 0.6 is 0 Å². The van der Waals surface area contributed by atoms with Crippen molar-refractivity contribution in [3.05, 3.63) is 12.7 Å². The van der Waals surface area contributed by atoms with E-state index in [1.807, 2.05) is 0 Å². The number of nitrogens with two attached hydrogens (primary N) is 1. The molecule has 9 nitrogen and oxygen atoms in total. The predicted octanol–water partition coefficient (Wildman–Crippen LogP) is -1.33. The molecule has 0 radical (unpaired) electrons. The second kappa shape index (κ2) is 4.94. The van der Waals surface area contributed by atoms with Crippen LogP contribution in [0.15, 0.2) is 12.7 Å². The highest BCUT2D eigenvalue weighted by Crippen LogP contribution is 2.33. The third-order valence-corrected chi connectivity index (χ3v) is 3.43. The second-order valence-corrected chi connectivity index (χ2v) is 4.52. The maximum absolute atomic E-state index is 10.0. The van der Waals surface area contributed by atoms with Crippen molar-refractivity contribution in [1.29, 1.82) is 0 Å². The maximum atomic E-state index is 10.0. The number of anilines is 1. The number of aromatic nitrogens is 4. The number of nitrogens with zero attached hydrogens (tertiary/aromatic N) is 4. The van der Waals surface area contributed by atoms with E-state index in [1.165, 1.54) is 19.8 Å². The van der Waals surface area contributed by atoms with Crippen molar-refractivity contribution in [1.82, 2.24) is 19.5 Å². The van der Waals surface area contributed by atoms with Gasteiger partial charge in [-0.05, 0) is 0 Å². The molecule has 108 valence electrons. The zero-order valence-corrected chi connectivity index (χ0v) is 10.7. The highest BCUT2D eigenvalue weighted by molar-refractivity contribution is 5.81. The summed E-state index contributed by atoms with van der Waals surface area (Å²) in [5.41, 5.74) is 6.66. The molecule has 9 heteroatoms. The van der Waals surface area contributed by atoms with Gasteiger partial charge in [0.15, 0.2) is 17.7 Å². The molecule has 1 aliphatic rings. The Balaban J connectivity index is 2.04. The minimum absolute atomic E-state index is 0.264. The number of hydrogen-bond donors (Lipinski definition) is 3. The Labute approximate surface area is 114 Å². The van der Waals surface area contributed by atoms with Gasteiger partial charge in [0.2, 0.25) is 0 Å². The van der Waals surface area contributed by atoms with Crippen molar-refractivity contribution < 1.29 is 19.7 Å². The van der Waals surface area contributed by atoms with Crippen LogP contribution in [0.3, 0.4) is 0 Å². The summed E-state index contributed by atoms with van der Waals surface area (Å²) in [7, 11) is 1.46. The van der Waals surface area contributed by atoms with Crippen LogP contribution in [-0.4, -0.2) is 61.8 Å². The fourth-order valence-electron chi connectivity index (χ4n) is 2.40. The summed E-state index contributed by atoms with van der Waals surface area (Å²) in [5, 5.41) is 19.3. The van der Waals surface area contributed by atoms with Gasteiger partial charge in [0, 0.05) is 7.11 Å². The van der Waals surface area contributed by atoms with Crippen molar-refractivity contribution in [2.24, 2.45) is 0 Å². The monoisotopic (exact) mass is 281 g/mol. The largest absolute Gasteiger partial charge is 0.394 e. The van der Waals surface area contributed by atoms with E-state index in [-0.39, 0.29) is 12.4 Å². The summed E-state index contributed by atoms with van der Waals surface area (Å²) >= 11 is 0. The lowest BCUT2D eigenvalue weighted by atomic mass is 10.1. The first-order valence-electron chi connectivity index (χ1n) is 6.07. The van der Waals surface area contributed by atoms with Gasteiger partial charge in [-0.1, -0.05) is 0 Å². The fraction of sp³-hybridized carbons (Fsp3) is 0.545. The lowest BCUT2D eigenvalue weighted by Gasteiger charge is -2.19. The third-order valence-electron chi connectivity index (χ3n) is 3.43. The van der Waals surface area contributed by atoms with E-state index in [0.717, 1.165) is 0 Å². The van der Waals surface area contributed by atoms with Gasteiger partial charge in [0.1, 0.15) is 30.2 Å². The van der Waals surface area contributed by atoms with Gasteiger partial charge in [-0.25, -0.2) is 15.0 Å². The molecule has 0 aliphatic carbocycles. The molecule has 0 spiro atoms. The van der Waals surface area contributed by atoms with Crippen LogP contribution in [0.25, 0.3) is 11.2 Å². The average Bonchev–Trinajstić information content (AvgIpc) is 3.00. The average molecular weight is 281 g/mol. The summed E-state index contributed by atoms with van der Waals surface area (Å²) in [4.78, 5) is 12.1. The SMILES string of the molecule is CO[C@@H]1C(O)[C@@H](CO)O[C@H]1n1cnc2c(N)ncnc21. The Morgan fingerprint density at radius 1 is 1.45 bits per heavy atom. The first-order chi connectivity index (χ1) is 9.67. The van der Waals surface area contributed by atoms with Crippen LogP contribution in [0.2, 0.25) is 0 Å². The van der Waals surface area contributed by atoms with Crippen LogP contribution in [0, 0.1) is 0 Å². The molecule has 4 N–H and O–H groups in total. The summed E-state index contributed by atoms with van der Waals surface area (Å²) in [6, 6.07) is 0. The molecule has 4 atom stereocenters. The van der Waals surface area contributed by atoms with Gasteiger partial charge >= 0.3 is 0 Å². The smallest absolute Gasteiger partial charge is 0.167 e. The fourth-order valence-corrected chi connectivity index (χ4v) is 2.40. The Bertz CT molecular complexity index is 618. The van der Waals surface area contributed by atoms with E-state index in [1.54, 1.807) is 4.57 Å². The normalized spacial score (nSPS) is 30.1. The van der Waals surface area contributed by atoms with Crippen molar-refractivity contribution in [3.8, 4) is 0 Å². The van der Waals surface area contributed by atoms with Gasteiger partial charge in [0.05, 0.1) is 12.9 Å². The lowest BCUT2D eigenvalue weighted by molar-refractivity contribution is -0.0583. The van der Waals surface area contributed by atoms with Crippen LogP contribution < -0.4 is 5.73 Å². The van der Waals surface area contributed by atoms with Crippen molar-refractivity contribution in [2.75, 3.05) is 19.5 Å². The first kappa shape index (κ1) is 13.2. The van der Waals surface area contributed by atoms with E-state index in [0.29, 0.717) is 11.2 Å². The number of aliphatic hydroxyl groups excluding tert-OH is 2. The molecule has 0 aromatic carbocycles. The highest BCUT2D eigenvalue weighted by Gasteiger charge is 2.45. The Morgan fingerprint density at radius 2 is 2.25 bits per heavy atom. The number of methoxy groups -OCH3 is 1. The number of nitrogen functional groups attached to an aromatic ring is 1. The summed E-state index contributed by atoms with van der Waals surface area (Å²) in [5.74, 6) is 0.264. The Morgan fingerprint density at radius 3 is 2.95 bits per heavy atom. The van der Waals surface area contributed by atoms with E-state index in [2.05, 4.69) is 15.0 Å². The van der Waals surface area contributed by atoms with Crippen LogP contribution in [0.4, 0.5) is 5.82 Å².